The Morgan fingerprint density at radius 1 is 0.608 bits per heavy atom. The number of anilines is 2. The van der Waals surface area contributed by atoms with Crippen LogP contribution in [0, 0.1) is 0 Å². The average Bonchev–Trinajstić information content (AvgIpc) is 3.59. The summed E-state index contributed by atoms with van der Waals surface area (Å²) in [7, 11) is -1.31. The Labute approximate surface area is 304 Å². The number of aromatic nitrogens is 2. The van der Waals surface area contributed by atoms with Gasteiger partial charge in [-0.1, -0.05) is 146 Å². The number of benzene rings is 8. The fourth-order valence-corrected chi connectivity index (χ4v) is 11.6. The highest BCUT2D eigenvalue weighted by molar-refractivity contribution is 7.75. The Balaban J connectivity index is 1.36. The lowest BCUT2D eigenvalue weighted by molar-refractivity contribution is 1.17. The fourth-order valence-electron chi connectivity index (χ4n) is 7.74. The minimum absolute atomic E-state index is 0.0985. The highest BCUT2D eigenvalue weighted by Gasteiger charge is 2.39. The van der Waals surface area contributed by atoms with E-state index in [0.29, 0.717) is 17.2 Å². The van der Waals surface area contributed by atoms with Crippen LogP contribution in [-0.2, 0) is 0 Å². The fraction of sp³-hybridized carbons (Fsp3) is 0. The van der Waals surface area contributed by atoms with Crippen LogP contribution in [0.3, 0.4) is 0 Å². The van der Waals surface area contributed by atoms with Gasteiger partial charge in [-0.3, -0.25) is 4.67 Å². The first-order chi connectivity index (χ1) is 26.5. The second kappa shape index (κ2) is 11.3. The van der Waals surface area contributed by atoms with Gasteiger partial charge >= 0.3 is 0 Å². The molecule has 11 rings (SSSR count). The van der Waals surface area contributed by atoms with Gasteiger partial charge in [-0.25, -0.2) is 9.97 Å². The van der Waals surface area contributed by atoms with Gasteiger partial charge in [0.1, 0.15) is 0 Å². The molecule has 8 aromatic carbocycles. The van der Waals surface area contributed by atoms with Crippen LogP contribution >= 0.6 is 19.4 Å². The maximum Gasteiger partial charge on any atom is 0.235 e. The lowest BCUT2D eigenvalue weighted by Gasteiger charge is -2.40. The molecule has 0 radical (unpaired) electrons. The summed E-state index contributed by atoms with van der Waals surface area (Å²) in [5.74, 6) is 0.515. The second-order valence-electron chi connectivity index (χ2n) is 12.8. The summed E-state index contributed by atoms with van der Waals surface area (Å²) in [5, 5.41) is 10.3. The van der Waals surface area contributed by atoms with Crippen LogP contribution in [-0.4, -0.2) is 9.97 Å². The van der Waals surface area contributed by atoms with Crippen molar-refractivity contribution in [3.8, 4) is 22.4 Å². The quantitative estimate of drug-likeness (QED) is 0.173. The lowest BCUT2D eigenvalue weighted by atomic mass is 9.91. The molecule has 1 aliphatic rings. The molecule has 238 valence electrons. The summed E-state index contributed by atoms with van der Waals surface area (Å²) < 4.78 is 31.0. The molecule has 1 aliphatic heterocycles. The largest absolute Gasteiger partial charge is 0.278 e. The third-order valence-corrected chi connectivity index (χ3v) is 13.5. The van der Waals surface area contributed by atoms with Crippen molar-refractivity contribution in [1.29, 1.82) is 0 Å². The van der Waals surface area contributed by atoms with Crippen LogP contribution in [0.15, 0.2) is 170 Å². The molecule has 1 unspecified atom stereocenters. The molecule has 0 spiro atoms. The first-order valence-electron chi connectivity index (χ1n) is 18.4. The number of nitrogens with zero attached hydrogens (tertiary/aromatic N) is 3. The molecular formula is C46H28N3PS. The molecule has 0 bridgehead atoms. The molecular weight excluding hydrogens is 658 g/mol. The monoisotopic (exact) mass is 688 g/mol. The summed E-state index contributed by atoms with van der Waals surface area (Å²) in [5.41, 5.74) is 5.08. The molecule has 0 aliphatic carbocycles. The van der Waals surface area contributed by atoms with Crippen molar-refractivity contribution in [3.05, 3.63) is 170 Å². The number of rotatable bonds is 3. The molecule has 2 aromatic heterocycles. The van der Waals surface area contributed by atoms with E-state index in [4.69, 9.17) is 14.1 Å². The summed E-state index contributed by atoms with van der Waals surface area (Å²) >= 11 is 1.81. The topological polar surface area (TPSA) is 29.0 Å². The van der Waals surface area contributed by atoms with Gasteiger partial charge in [0.15, 0.2) is 0 Å². The van der Waals surface area contributed by atoms with Gasteiger partial charge in [-0.05, 0) is 51.4 Å². The third kappa shape index (κ3) is 4.34. The van der Waals surface area contributed by atoms with E-state index in [9.17, 15) is 0 Å². The average molecular weight is 689 g/mol. The number of hydrogen-bond donors (Lipinski definition) is 0. The first-order valence-corrected chi connectivity index (χ1v) is 19.0. The molecule has 3 heterocycles. The van der Waals surface area contributed by atoms with Gasteiger partial charge in [0, 0.05) is 42.6 Å². The predicted molar refractivity (Wildman–Crippen MR) is 220 cm³/mol. The molecule has 10 aromatic rings. The number of thiophene rings is 1. The van der Waals surface area contributed by atoms with Crippen LogP contribution in [0.2, 0.25) is 0 Å². The minimum atomic E-state index is -1.31. The van der Waals surface area contributed by atoms with Gasteiger partial charge in [-0.15, -0.1) is 11.3 Å². The molecule has 0 fully saturated rings. The van der Waals surface area contributed by atoms with Crippen molar-refractivity contribution < 1.29 is 4.11 Å². The van der Waals surface area contributed by atoms with Gasteiger partial charge in [-0.2, -0.15) is 0 Å². The van der Waals surface area contributed by atoms with Crippen LogP contribution in [0.5, 0.6) is 0 Å². The van der Waals surface area contributed by atoms with Gasteiger partial charge in [0.2, 0.25) is 5.95 Å². The molecule has 3 nitrogen and oxygen atoms in total. The molecule has 51 heavy (non-hydrogen) atoms. The number of fused-ring (bicyclic) bond motifs is 12. The Hall–Kier alpha value is -5.93. The van der Waals surface area contributed by atoms with E-state index in [1.54, 1.807) is 0 Å². The molecule has 1 atom stereocenters. The van der Waals surface area contributed by atoms with E-state index in [1.165, 1.54) is 64.7 Å². The Morgan fingerprint density at radius 3 is 2.10 bits per heavy atom. The van der Waals surface area contributed by atoms with Crippen LogP contribution in [0.25, 0.3) is 75.0 Å². The van der Waals surface area contributed by atoms with Crippen molar-refractivity contribution in [2.45, 2.75) is 0 Å². The zero-order valence-corrected chi connectivity index (χ0v) is 28.8. The highest BCUT2D eigenvalue weighted by Crippen LogP contribution is 2.61. The maximum absolute atomic E-state index is 9.00. The minimum Gasteiger partial charge on any atom is -0.278 e. The summed E-state index contributed by atoms with van der Waals surface area (Å²) in [6.45, 7) is 0. The Bertz CT molecular complexity index is 3160. The van der Waals surface area contributed by atoms with Crippen molar-refractivity contribution in [2.24, 2.45) is 0 Å². The lowest BCUT2D eigenvalue weighted by Crippen LogP contribution is -2.31. The van der Waals surface area contributed by atoms with E-state index in [1.807, 2.05) is 35.6 Å². The van der Waals surface area contributed by atoms with E-state index in [-0.39, 0.29) is 18.1 Å². The highest BCUT2D eigenvalue weighted by atomic mass is 32.1. The Kier molecular flexibility index (Phi) is 5.75. The number of hydrogen-bond acceptors (Lipinski definition) is 4. The second-order valence-corrected chi connectivity index (χ2v) is 15.8. The molecule has 0 N–H and O–H groups in total. The molecule has 0 amide bonds. The van der Waals surface area contributed by atoms with Crippen molar-refractivity contribution >= 4 is 94.3 Å². The van der Waals surface area contributed by atoms with Gasteiger partial charge in [0.25, 0.3) is 0 Å². The van der Waals surface area contributed by atoms with E-state index < -0.39 is 8.07 Å². The van der Waals surface area contributed by atoms with Crippen LogP contribution < -0.4 is 15.3 Å². The first kappa shape index (κ1) is 26.0. The summed E-state index contributed by atoms with van der Waals surface area (Å²) in [6.07, 6.45) is 0. The van der Waals surface area contributed by atoms with Crippen molar-refractivity contribution in [1.82, 2.24) is 9.97 Å². The van der Waals surface area contributed by atoms with Crippen molar-refractivity contribution in [3.63, 3.8) is 0 Å². The SMILES string of the molecule is [2H]c1cc([2H])c(-c2nc(N3c4c(c5ccccc5c5c4sc4ccccc45)-c4cc5ccccc5cc4P3c3ccccc3)nc3ccccc23)c([2H])c1. The van der Waals surface area contributed by atoms with E-state index in [2.05, 4.69) is 120 Å². The van der Waals surface area contributed by atoms with Crippen molar-refractivity contribution in [2.75, 3.05) is 4.67 Å². The van der Waals surface area contributed by atoms with Crippen LogP contribution in [0.1, 0.15) is 4.11 Å². The molecule has 0 saturated carbocycles. The van der Waals surface area contributed by atoms with Gasteiger partial charge < -0.3 is 0 Å². The third-order valence-electron chi connectivity index (χ3n) is 9.90. The van der Waals surface area contributed by atoms with Gasteiger partial charge in [0.05, 0.1) is 33.8 Å². The van der Waals surface area contributed by atoms with E-state index >= 15 is 0 Å². The standard InChI is InChI=1S/C46H28N3PS/c1-3-15-29(16-4-1)43-35-23-11-13-25-38(35)47-46(48-43)49-44-41(33-21-9-10-22-34(33)42-36-24-12-14-26-40(36)51-45(42)44)37-27-30-17-7-8-18-31(30)28-39(37)50(49)32-19-5-2-6-20-32/h1-28H/i1D,15D,16D. The predicted octanol–water partition coefficient (Wildman–Crippen LogP) is 12.1. The smallest absolute Gasteiger partial charge is 0.235 e. The molecule has 5 heteroatoms. The normalized spacial score (nSPS) is 14.9. The summed E-state index contributed by atoms with van der Waals surface area (Å²) in [6, 6.07) is 52.7. The zero-order chi connectivity index (χ0) is 36.1. The zero-order valence-electron chi connectivity index (χ0n) is 30.1. The number of para-hydroxylation sites is 1. The molecule has 0 saturated heterocycles. The Morgan fingerprint density at radius 2 is 1.27 bits per heavy atom. The summed E-state index contributed by atoms with van der Waals surface area (Å²) in [4.78, 5) is 10.8. The van der Waals surface area contributed by atoms with E-state index in [0.717, 1.165) is 27.5 Å². The van der Waals surface area contributed by atoms with Crippen LogP contribution in [0.4, 0.5) is 11.6 Å². The maximum atomic E-state index is 9.00.